The molecule has 0 saturated heterocycles. The van der Waals surface area contributed by atoms with E-state index in [0.29, 0.717) is 6.61 Å². The third kappa shape index (κ3) is 3.86. The SMILES string of the molecule is CCOc1ccc(C(NC)c2ccc(CC)cc2)cc1Br. The summed E-state index contributed by atoms with van der Waals surface area (Å²) in [6.45, 7) is 4.84. The number of halogens is 1. The van der Waals surface area contributed by atoms with Crippen molar-refractivity contribution in [1.29, 1.82) is 0 Å². The fourth-order valence-corrected chi connectivity index (χ4v) is 2.95. The van der Waals surface area contributed by atoms with Gasteiger partial charge < -0.3 is 10.1 Å². The van der Waals surface area contributed by atoms with Crippen molar-refractivity contribution in [3.8, 4) is 5.75 Å². The Kier molecular flexibility index (Phi) is 5.83. The average molecular weight is 348 g/mol. The molecule has 2 rings (SSSR count). The van der Waals surface area contributed by atoms with Crippen LogP contribution in [0.25, 0.3) is 0 Å². The van der Waals surface area contributed by atoms with E-state index in [-0.39, 0.29) is 6.04 Å². The zero-order valence-electron chi connectivity index (χ0n) is 12.8. The molecule has 112 valence electrons. The lowest BCUT2D eigenvalue weighted by atomic mass is 9.97. The molecule has 0 amide bonds. The molecule has 2 aromatic rings. The minimum absolute atomic E-state index is 0.183. The van der Waals surface area contributed by atoms with Gasteiger partial charge in [0.1, 0.15) is 5.75 Å². The minimum atomic E-state index is 0.183. The summed E-state index contributed by atoms with van der Waals surface area (Å²) in [6.07, 6.45) is 1.07. The highest BCUT2D eigenvalue weighted by Gasteiger charge is 2.13. The molecular weight excluding hydrogens is 326 g/mol. The van der Waals surface area contributed by atoms with Crippen molar-refractivity contribution >= 4 is 15.9 Å². The van der Waals surface area contributed by atoms with Gasteiger partial charge >= 0.3 is 0 Å². The van der Waals surface area contributed by atoms with E-state index in [1.807, 2.05) is 20.0 Å². The molecule has 0 spiro atoms. The lowest BCUT2D eigenvalue weighted by molar-refractivity contribution is 0.338. The molecule has 0 saturated carbocycles. The van der Waals surface area contributed by atoms with Crippen LogP contribution in [0.2, 0.25) is 0 Å². The van der Waals surface area contributed by atoms with Gasteiger partial charge in [-0.05, 0) is 65.1 Å². The molecule has 1 atom stereocenters. The Morgan fingerprint density at radius 3 is 2.24 bits per heavy atom. The van der Waals surface area contributed by atoms with Crippen LogP contribution in [0.1, 0.15) is 36.6 Å². The lowest BCUT2D eigenvalue weighted by Crippen LogP contribution is -2.17. The normalized spacial score (nSPS) is 12.2. The maximum absolute atomic E-state index is 5.57. The van der Waals surface area contributed by atoms with Crippen molar-refractivity contribution in [1.82, 2.24) is 5.32 Å². The highest BCUT2D eigenvalue weighted by atomic mass is 79.9. The first-order chi connectivity index (χ1) is 10.2. The molecule has 0 bridgehead atoms. The van der Waals surface area contributed by atoms with Crippen LogP contribution in [0.5, 0.6) is 5.75 Å². The van der Waals surface area contributed by atoms with Crippen molar-refractivity contribution in [3.05, 3.63) is 63.6 Å². The zero-order valence-corrected chi connectivity index (χ0v) is 14.4. The van der Waals surface area contributed by atoms with Crippen LogP contribution >= 0.6 is 15.9 Å². The Labute approximate surface area is 135 Å². The van der Waals surface area contributed by atoms with Crippen LogP contribution in [0.15, 0.2) is 46.9 Å². The van der Waals surface area contributed by atoms with Gasteiger partial charge in [-0.1, -0.05) is 37.3 Å². The number of hydrogen-bond donors (Lipinski definition) is 1. The maximum atomic E-state index is 5.57. The number of aryl methyl sites for hydroxylation is 1. The highest BCUT2D eigenvalue weighted by Crippen LogP contribution is 2.30. The smallest absolute Gasteiger partial charge is 0.133 e. The van der Waals surface area contributed by atoms with Crippen LogP contribution in [-0.4, -0.2) is 13.7 Å². The summed E-state index contributed by atoms with van der Waals surface area (Å²) in [4.78, 5) is 0. The predicted octanol–water partition coefficient (Wildman–Crippen LogP) is 4.72. The van der Waals surface area contributed by atoms with Gasteiger partial charge in [-0.2, -0.15) is 0 Å². The van der Waals surface area contributed by atoms with Crippen LogP contribution in [-0.2, 0) is 6.42 Å². The van der Waals surface area contributed by atoms with E-state index >= 15 is 0 Å². The van der Waals surface area contributed by atoms with Crippen molar-refractivity contribution in [2.24, 2.45) is 0 Å². The summed E-state index contributed by atoms with van der Waals surface area (Å²) in [6, 6.07) is 15.2. The van der Waals surface area contributed by atoms with Crippen LogP contribution in [0.3, 0.4) is 0 Å². The minimum Gasteiger partial charge on any atom is -0.493 e. The third-order valence-electron chi connectivity index (χ3n) is 3.60. The molecule has 21 heavy (non-hydrogen) atoms. The van der Waals surface area contributed by atoms with Crippen LogP contribution in [0, 0.1) is 0 Å². The largest absolute Gasteiger partial charge is 0.493 e. The van der Waals surface area contributed by atoms with Crippen molar-refractivity contribution < 1.29 is 4.74 Å². The molecule has 0 fully saturated rings. The summed E-state index contributed by atoms with van der Waals surface area (Å²) >= 11 is 3.59. The monoisotopic (exact) mass is 347 g/mol. The second-order valence-corrected chi connectivity index (χ2v) is 5.79. The Morgan fingerprint density at radius 2 is 1.71 bits per heavy atom. The first kappa shape index (κ1) is 16.1. The first-order valence-corrected chi connectivity index (χ1v) is 8.17. The summed E-state index contributed by atoms with van der Waals surface area (Å²) < 4.78 is 6.57. The van der Waals surface area contributed by atoms with E-state index in [2.05, 4.69) is 64.6 Å². The second-order valence-electron chi connectivity index (χ2n) is 4.94. The molecule has 2 aromatic carbocycles. The number of hydrogen-bond acceptors (Lipinski definition) is 2. The van der Waals surface area contributed by atoms with Gasteiger partial charge in [-0.25, -0.2) is 0 Å². The van der Waals surface area contributed by atoms with Crippen molar-refractivity contribution in [3.63, 3.8) is 0 Å². The maximum Gasteiger partial charge on any atom is 0.133 e. The molecule has 0 aromatic heterocycles. The summed E-state index contributed by atoms with van der Waals surface area (Å²) in [7, 11) is 1.99. The molecule has 0 heterocycles. The van der Waals surface area contributed by atoms with Gasteiger partial charge in [0.15, 0.2) is 0 Å². The molecule has 0 aliphatic rings. The van der Waals surface area contributed by atoms with Gasteiger partial charge in [0.25, 0.3) is 0 Å². The van der Waals surface area contributed by atoms with Gasteiger partial charge in [-0.15, -0.1) is 0 Å². The zero-order chi connectivity index (χ0) is 15.2. The van der Waals surface area contributed by atoms with E-state index in [9.17, 15) is 0 Å². The summed E-state index contributed by atoms with van der Waals surface area (Å²) in [5, 5.41) is 3.39. The lowest BCUT2D eigenvalue weighted by Gasteiger charge is -2.19. The molecule has 3 heteroatoms. The number of rotatable bonds is 6. The summed E-state index contributed by atoms with van der Waals surface area (Å²) in [5.41, 5.74) is 3.85. The van der Waals surface area contributed by atoms with E-state index in [4.69, 9.17) is 4.74 Å². The molecule has 0 aliphatic carbocycles. The van der Waals surface area contributed by atoms with Gasteiger partial charge in [0.05, 0.1) is 17.1 Å². The molecule has 2 nitrogen and oxygen atoms in total. The molecule has 1 N–H and O–H groups in total. The Bertz CT molecular complexity index is 580. The third-order valence-corrected chi connectivity index (χ3v) is 4.22. The Morgan fingerprint density at radius 1 is 1.05 bits per heavy atom. The van der Waals surface area contributed by atoms with E-state index in [0.717, 1.165) is 16.6 Å². The predicted molar refractivity (Wildman–Crippen MR) is 92.0 cm³/mol. The quantitative estimate of drug-likeness (QED) is 0.816. The number of ether oxygens (including phenoxy) is 1. The number of nitrogens with one attached hydrogen (secondary N) is 1. The van der Waals surface area contributed by atoms with E-state index in [1.54, 1.807) is 0 Å². The van der Waals surface area contributed by atoms with E-state index in [1.165, 1.54) is 16.7 Å². The Hall–Kier alpha value is -1.32. The highest BCUT2D eigenvalue weighted by molar-refractivity contribution is 9.10. The Balaban J connectivity index is 2.29. The van der Waals surface area contributed by atoms with Crippen molar-refractivity contribution in [2.45, 2.75) is 26.3 Å². The summed E-state index contributed by atoms with van der Waals surface area (Å²) in [5.74, 6) is 0.887. The van der Waals surface area contributed by atoms with E-state index < -0.39 is 0 Å². The van der Waals surface area contributed by atoms with Crippen molar-refractivity contribution in [2.75, 3.05) is 13.7 Å². The molecular formula is C18H22BrNO. The topological polar surface area (TPSA) is 21.3 Å². The molecule has 0 radical (unpaired) electrons. The molecule has 0 aliphatic heterocycles. The fraction of sp³-hybridized carbons (Fsp3) is 0.333. The van der Waals surface area contributed by atoms with Gasteiger partial charge in [-0.3, -0.25) is 0 Å². The first-order valence-electron chi connectivity index (χ1n) is 7.37. The van der Waals surface area contributed by atoms with Crippen LogP contribution in [0.4, 0.5) is 0 Å². The molecule has 1 unspecified atom stereocenters. The average Bonchev–Trinajstić information content (AvgIpc) is 2.51. The second kappa shape index (κ2) is 7.62. The van der Waals surface area contributed by atoms with Gasteiger partial charge in [0, 0.05) is 0 Å². The van der Waals surface area contributed by atoms with Gasteiger partial charge in [0.2, 0.25) is 0 Å². The standard InChI is InChI=1S/C18H22BrNO/c1-4-13-6-8-14(9-7-13)18(20-3)15-10-11-17(21-5-2)16(19)12-15/h6-12,18,20H,4-5H2,1-3H3. The number of benzene rings is 2. The van der Waals surface area contributed by atoms with Crippen LogP contribution < -0.4 is 10.1 Å². The fourth-order valence-electron chi connectivity index (χ4n) is 2.44.